The quantitative estimate of drug-likeness (QED) is 0.169. The molecule has 0 spiro atoms. The van der Waals surface area contributed by atoms with Crippen LogP contribution in [-0.2, 0) is 21.7 Å². The molecule has 1 N–H and O–H groups in total. The first-order valence-corrected chi connectivity index (χ1v) is 25.3. The Bertz CT molecular complexity index is 3520. The lowest BCUT2D eigenvalue weighted by Gasteiger charge is -2.44. The van der Waals surface area contributed by atoms with Crippen molar-refractivity contribution < 1.29 is 4.42 Å². The summed E-state index contributed by atoms with van der Waals surface area (Å²) in [6.07, 6.45) is 4.67. The molecule has 0 saturated carbocycles. The van der Waals surface area contributed by atoms with Crippen molar-refractivity contribution in [2.24, 2.45) is 0 Å². The van der Waals surface area contributed by atoms with Gasteiger partial charge in [-0.2, -0.15) is 0 Å². The van der Waals surface area contributed by atoms with Gasteiger partial charge in [0, 0.05) is 39.1 Å². The summed E-state index contributed by atoms with van der Waals surface area (Å²) in [4.78, 5) is 2.63. The molecule has 0 unspecified atom stereocenters. The van der Waals surface area contributed by atoms with Crippen molar-refractivity contribution in [2.75, 3.05) is 10.2 Å². The maximum absolute atomic E-state index is 7.00. The van der Waals surface area contributed by atoms with E-state index >= 15 is 0 Å². The second-order valence-corrected chi connectivity index (χ2v) is 23.2. The van der Waals surface area contributed by atoms with E-state index in [1.165, 1.54) is 96.5 Å². The number of hydrogen-bond donors (Lipinski definition) is 1. The highest BCUT2D eigenvalue weighted by molar-refractivity contribution is 6.73. The van der Waals surface area contributed by atoms with Crippen LogP contribution in [0, 0.1) is 6.92 Å². The van der Waals surface area contributed by atoms with Crippen molar-refractivity contribution in [3.05, 3.63) is 186 Å². The van der Waals surface area contributed by atoms with E-state index in [1.807, 2.05) is 0 Å². The van der Waals surface area contributed by atoms with Crippen LogP contribution in [0.5, 0.6) is 0 Å². The fourth-order valence-corrected chi connectivity index (χ4v) is 12.3. The first-order valence-electron chi connectivity index (χ1n) is 25.3. The summed E-state index contributed by atoms with van der Waals surface area (Å²) in [5.41, 5.74) is 24.8. The Morgan fingerprint density at radius 1 is 0.464 bits per heavy atom. The molecule has 12 rings (SSSR count). The highest BCUT2D eigenvalue weighted by Gasteiger charge is 2.40. The molecule has 2 heterocycles. The Labute approximate surface area is 409 Å². The topological polar surface area (TPSA) is 28.4 Å². The van der Waals surface area contributed by atoms with Gasteiger partial charge in [0.05, 0.1) is 5.69 Å². The molecule has 0 amide bonds. The molecule has 9 aromatic rings. The van der Waals surface area contributed by atoms with Gasteiger partial charge in [-0.3, -0.25) is 0 Å². The molecule has 1 aliphatic heterocycles. The Morgan fingerprint density at radius 3 is 1.75 bits per heavy atom. The van der Waals surface area contributed by atoms with Gasteiger partial charge >= 0.3 is 0 Å². The van der Waals surface area contributed by atoms with Gasteiger partial charge in [0.25, 0.3) is 0 Å². The van der Waals surface area contributed by atoms with E-state index in [4.69, 9.17) is 4.42 Å². The molecule has 0 fully saturated rings. The molecular weight excluding hydrogens is 836 g/mol. The van der Waals surface area contributed by atoms with Crippen molar-refractivity contribution >= 4 is 68.6 Å². The Balaban J connectivity index is 1.14. The van der Waals surface area contributed by atoms with Crippen molar-refractivity contribution in [1.82, 2.24) is 0 Å². The maximum atomic E-state index is 7.00. The van der Waals surface area contributed by atoms with Crippen LogP contribution in [0.15, 0.2) is 162 Å². The van der Waals surface area contributed by atoms with E-state index in [2.05, 4.69) is 230 Å². The van der Waals surface area contributed by atoms with Gasteiger partial charge in [-0.1, -0.05) is 170 Å². The van der Waals surface area contributed by atoms with E-state index in [0.29, 0.717) is 0 Å². The second kappa shape index (κ2) is 15.6. The lowest BCUT2D eigenvalue weighted by molar-refractivity contribution is 0.332. The summed E-state index contributed by atoms with van der Waals surface area (Å²) in [5, 5.41) is 6.33. The SMILES string of the molecule is Cc1cc2c(cc1N1c3cc(-c4ccccc4)ccc3Bc3c(-c4ccc5c(oc6ccccc65)c4Nc4ccc5c(c4)C(C)(C)CCC5(C)C)cc(-c4ccccc4)cc31)C(C)(C)CCC2(C)C. The fraction of sp³-hybridized carbons (Fsp3) is 0.262. The lowest BCUT2D eigenvalue weighted by Crippen LogP contribution is -2.41. The first kappa shape index (κ1) is 43.5. The van der Waals surface area contributed by atoms with Crippen molar-refractivity contribution in [1.29, 1.82) is 0 Å². The molecule has 3 aliphatic rings. The number of anilines is 5. The standard InChI is InChI=1S/C65H63BN2O/c1-40-34-51-53(65(8,9)33-32-63(51,4)5)39-55(40)68-56-36-43(41-18-12-10-13-19-41)24-29-54(56)66-59-49(35-44(37-57(59)68)42-20-14-11-15-21-42)47-26-27-48-46-22-16-17-23-58(46)69-61(48)60(47)67-45-25-28-50-52(38-45)64(6,7)31-30-62(50,2)3/h10-29,34-39,66-67H,30-33H2,1-9H3. The summed E-state index contributed by atoms with van der Waals surface area (Å²) >= 11 is 0. The minimum Gasteiger partial charge on any atom is -0.454 e. The first-order chi connectivity index (χ1) is 33.1. The number of benzene rings is 8. The molecule has 8 aromatic carbocycles. The Hall–Kier alpha value is -6.78. The number of furan rings is 1. The van der Waals surface area contributed by atoms with E-state index in [1.54, 1.807) is 0 Å². The van der Waals surface area contributed by atoms with Crippen molar-refractivity contribution in [3.63, 3.8) is 0 Å². The zero-order chi connectivity index (χ0) is 47.6. The van der Waals surface area contributed by atoms with Crippen LogP contribution in [0.2, 0.25) is 0 Å². The van der Waals surface area contributed by atoms with E-state index < -0.39 is 0 Å². The normalized spacial score (nSPS) is 17.1. The van der Waals surface area contributed by atoms with E-state index in [9.17, 15) is 0 Å². The van der Waals surface area contributed by atoms with Crippen molar-refractivity contribution in [3.8, 4) is 33.4 Å². The molecule has 0 bridgehead atoms. The highest BCUT2D eigenvalue weighted by Crippen LogP contribution is 2.52. The smallest absolute Gasteiger partial charge is 0.198 e. The third kappa shape index (κ3) is 7.16. The molecule has 342 valence electrons. The van der Waals surface area contributed by atoms with Gasteiger partial charge < -0.3 is 14.6 Å². The fourth-order valence-electron chi connectivity index (χ4n) is 12.3. The molecule has 2 aliphatic carbocycles. The number of fused-ring (bicyclic) bond motifs is 7. The minimum atomic E-state index is 0.0436. The molecule has 3 nitrogen and oxygen atoms in total. The largest absolute Gasteiger partial charge is 0.454 e. The third-order valence-electron chi connectivity index (χ3n) is 16.7. The maximum Gasteiger partial charge on any atom is 0.198 e. The average Bonchev–Trinajstić information content (AvgIpc) is 3.73. The number of nitrogens with one attached hydrogen (secondary N) is 1. The van der Waals surface area contributed by atoms with Crippen LogP contribution < -0.4 is 21.1 Å². The summed E-state index contributed by atoms with van der Waals surface area (Å²) in [7, 11) is 0.781. The zero-order valence-electron chi connectivity index (χ0n) is 41.9. The van der Waals surface area contributed by atoms with Gasteiger partial charge in [0.1, 0.15) is 5.58 Å². The molecular formula is C65H63BN2O. The monoisotopic (exact) mass is 899 g/mol. The van der Waals surface area contributed by atoms with Crippen LogP contribution in [0.4, 0.5) is 28.4 Å². The van der Waals surface area contributed by atoms with Gasteiger partial charge in [-0.05, 0) is 164 Å². The highest BCUT2D eigenvalue weighted by atomic mass is 16.3. The van der Waals surface area contributed by atoms with Gasteiger partial charge in [0.2, 0.25) is 0 Å². The van der Waals surface area contributed by atoms with Crippen LogP contribution >= 0.6 is 0 Å². The summed E-state index contributed by atoms with van der Waals surface area (Å²) in [5.74, 6) is 0. The zero-order valence-corrected chi connectivity index (χ0v) is 41.9. The summed E-state index contributed by atoms with van der Waals surface area (Å²) in [6, 6.07) is 59.3. The number of rotatable bonds is 6. The lowest BCUT2D eigenvalue weighted by atomic mass is 9.57. The predicted molar refractivity (Wildman–Crippen MR) is 296 cm³/mol. The minimum absolute atomic E-state index is 0.0436. The van der Waals surface area contributed by atoms with Gasteiger partial charge in [-0.15, -0.1) is 0 Å². The number of hydrogen-bond acceptors (Lipinski definition) is 3. The van der Waals surface area contributed by atoms with Crippen LogP contribution in [-0.4, -0.2) is 7.28 Å². The Morgan fingerprint density at radius 2 is 1.06 bits per heavy atom. The third-order valence-corrected chi connectivity index (χ3v) is 16.7. The van der Waals surface area contributed by atoms with Crippen LogP contribution in [0.1, 0.15) is 109 Å². The summed E-state index contributed by atoms with van der Waals surface area (Å²) < 4.78 is 7.00. The molecule has 0 saturated heterocycles. The molecule has 69 heavy (non-hydrogen) atoms. The van der Waals surface area contributed by atoms with Crippen LogP contribution in [0.25, 0.3) is 55.3 Å². The van der Waals surface area contributed by atoms with E-state index in [-0.39, 0.29) is 21.7 Å². The second-order valence-electron chi connectivity index (χ2n) is 23.2. The van der Waals surface area contributed by atoms with E-state index in [0.717, 1.165) is 59.0 Å². The summed E-state index contributed by atoms with van der Waals surface area (Å²) in [6.45, 7) is 21.7. The van der Waals surface area contributed by atoms with Gasteiger partial charge in [-0.25, -0.2) is 0 Å². The Kier molecular flexibility index (Phi) is 9.85. The molecule has 0 atom stereocenters. The van der Waals surface area contributed by atoms with Crippen molar-refractivity contribution in [2.45, 2.75) is 110 Å². The van der Waals surface area contributed by atoms with Crippen LogP contribution in [0.3, 0.4) is 0 Å². The number of nitrogens with zero attached hydrogens (tertiary/aromatic N) is 1. The average molecular weight is 899 g/mol. The molecule has 0 radical (unpaired) electrons. The molecule has 1 aromatic heterocycles. The predicted octanol–water partition coefficient (Wildman–Crippen LogP) is 16.5. The molecule has 4 heteroatoms. The van der Waals surface area contributed by atoms with Gasteiger partial charge in [0.15, 0.2) is 12.9 Å². The number of aryl methyl sites for hydroxylation is 1. The number of para-hydroxylation sites is 1.